The van der Waals surface area contributed by atoms with E-state index in [2.05, 4.69) is 103 Å². The highest BCUT2D eigenvalue weighted by atomic mass is 35.5. The molecule has 0 bridgehead atoms. The maximum absolute atomic E-state index is 6.40. The van der Waals surface area contributed by atoms with Crippen molar-refractivity contribution in [1.82, 2.24) is 39.5 Å². The lowest BCUT2D eigenvalue weighted by molar-refractivity contribution is 0.0378. The summed E-state index contributed by atoms with van der Waals surface area (Å²) in [6, 6.07) is 18.1. The molecule has 0 saturated carbocycles. The first-order valence-electron chi connectivity index (χ1n) is 25.5. The fourth-order valence-electron chi connectivity index (χ4n) is 10.2. The maximum atomic E-state index is 6.40. The first-order valence-corrected chi connectivity index (χ1v) is 27.0. The summed E-state index contributed by atoms with van der Waals surface area (Å²) in [5.41, 5.74) is 7.05. The fraction of sp³-hybridized carbons (Fsp3) is 0.491. The Morgan fingerprint density at radius 3 is 1.24 bits per heavy atom. The van der Waals surface area contributed by atoms with Gasteiger partial charge in [0.15, 0.2) is 0 Å². The van der Waals surface area contributed by atoms with E-state index in [1.807, 2.05) is 37.3 Å². The Labute approximate surface area is 443 Å². The minimum absolute atomic E-state index is 0.685. The standard InChI is InChI=1S/2C20H28ClN5O.C13H13Cl2N3/c2*1-15-17-13-16(21)3-4-18(17)26(14-19-22-6-7-23-19)20(15)24-5-2-8-25-9-11-27-12-10-25;1-8-10-6-9(14)2-3-11(10)18(13(8)15)7-12-16-4-5-17-12/h2*3-4,13,24H,2,5-12,14H2,1H3,(H,22,23);2-3,6H,4-5,7H2,1H3,(H,16,17). The highest BCUT2D eigenvalue weighted by molar-refractivity contribution is 6.34. The lowest BCUT2D eigenvalue weighted by Gasteiger charge is -2.26. The number of hydrogen-bond donors (Lipinski definition) is 5. The zero-order valence-corrected chi connectivity index (χ0v) is 44.9. The Morgan fingerprint density at radius 1 is 0.500 bits per heavy atom. The van der Waals surface area contributed by atoms with E-state index in [4.69, 9.17) is 55.9 Å². The number of aliphatic imine (C=N–C) groups is 3. The molecule has 3 aromatic carbocycles. The van der Waals surface area contributed by atoms with Crippen molar-refractivity contribution >= 4 is 108 Å². The Hall–Kier alpha value is -4.71. The van der Waals surface area contributed by atoms with E-state index in [0.29, 0.717) is 6.54 Å². The van der Waals surface area contributed by atoms with Crippen LogP contribution in [-0.4, -0.2) is 159 Å². The molecule has 3 aromatic heterocycles. The highest BCUT2D eigenvalue weighted by Crippen LogP contribution is 2.34. The van der Waals surface area contributed by atoms with Crippen LogP contribution in [0.4, 0.5) is 11.6 Å². The van der Waals surface area contributed by atoms with Gasteiger partial charge in [0.05, 0.1) is 82.2 Å². The molecule has 72 heavy (non-hydrogen) atoms. The molecule has 5 aliphatic rings. The summed E-state index contributed by atoms with van der Waals surface area (Å²) in [5, 5.41) is 23.9. The molecule has 0 unspecified atom stereocenters. The lowest BCUT2D eigenvalue weighted by Crippen LogP contribution is -2.37. The number of benzene rings is 3. The van der Waals surface area contributed by atoms with Crippen LogP contribution in [0.1, 0.15) is 29.5 Å². The number of nitrogens with one attached hydrogen (secondary N) is 5. The van der Waals surface area contributed by atoms with Gasteiger partial charge in [0.25, 0.3) is 0 Å². The molecule has 5 N–H and O–H groups in total. The average molecular weight is 1060 g/mol. The number of nitrogens with zero attached hydrogens (tertiary/aromatic N) is 8. The van der Waals surface area contributed by atoms with Gasteiger partial charge in [-0.15, -0.1) is 0 Å². The van der Waals surface area contributed by atoms with Crippen LogP contribution < -0.4 is 26.6 Å². The topological polar surface area (TPSA) is 137 Å². The summed E-state index contributed by atoms with van der Waals surface area (Å²) in [6.07, 6.45) is 2.22. The molecule has 11 rings (SSSR count). The molecule has 0 spiro atoms. The quantitative estimate of drug-likeness (QED) is 0.0604. The molecule has 0 radical (unpaired) electrons. The zero-order chi connectivity index (χ0) is 50.0. The molecule has 2 fully saturated rings. The van der Waals surface area contributed by atoms with Crippen LogP contribution in [0, 0.1) is 20.8 Å². The molecule has 6 aromatic rings. The van der Waals surface area contributed by atoms with E-state index in [1.165, 1.54) is 44.6 Å². The third-order valence-corrected chi connectivity index (χ3v) is 15.2. The minimum atomic E-state index is 0.685. The van der Waals surface area contributed by atoms with Gasteiger partial charge in [0, 0.05) is 90.1 Å². The number of rotatable bonds is 16. The third-order valence-electron chi connectivity index (χ3n) is 14.0. The van der Waals surface area contributed by atoms with Crippen LogP contribution in [-0.2, 0) is 29.1 Å². The molecule has 5 aliphatic heterocycles. The second kappa shape index (κ2) is 25.0. The molecule has 0 aliphatic carbocycles. The van der Waals surface area contributed by atoms with E-state index >= 15 is 0 Å². The number of aromatic nitrogens is 3. The van der Waals surface area contributed by atoms with Crippen LogP contribution >= 0.6 is 46.4 Å². The Morgan fingerprint density at radius 2 is 0.861 bits per heavy atom. The summed E-state index contributed by atoms with van der Waals surface area (Å²) in [4.78, 5) is 18.5. The van der Waals surface area contributed by atoms with Crippen molar-refractivity contribution in [3.8, 4) is 0 Å². The van der Waals surface area contributed by atoms with Gasteiger partial charge in [-0.05, 0) is 118 Å². The van der Waals surface area contributed by atoms with E-state index in [-0.39, 0.29) is 0 Å². The number of fused-ring (bicyclic) bond motifs is 3. The minimum Gasteiger partial charge on any atom is -0.379 e. The Bertz CT molecular complexity index is 2770. The number of anilines is 2. The number of amidine groups is 3. The molecule has 8 heterocycles. The maximum Gasteiger partial charge on any atom is 0.117 e. The lowest BCUT2D eigenvalue weighted by atomic mass is 10.2. The Balaban J connectivity index is 0.000000136. The van der Waals surface area contributed by atoms with Crippen molar-refractivity contribution in [1.29, 1.82) is 0 Å². The van der Waals surface area contributed by atoms with E-state index in [9.17, 15) is 0 Å². The zero-order valence-electron chi connectivity index (χ0n) is 41.9. The first-order chi connectivity index (χ1) is 35.1. The summed E-state index contributed by atoms with van der Waals surface area (Å²) < 4.78 is 17.6. The first kappa shape index (κ1) is 52.2. The smallest absolute Gasteiger partial charge is 0.117 e. The van der Waals surface area contributed by atoms with E-state index < -0.39 is 0 Å². The number of morpholine rings is 2. The number of ether oxygens (including phenoxy) is 2. The van der Waals surface area contributed by atoms with Gasteiger partial charge in [0.1, 0.15) is 34.3 Å². The number of halogens is 4. The van der Waals surface area contributed by atoms with Gasteiger partial charge in [0.2, 0.25) is 0 Å². The second-order valence-corrected chi connectivity index (χ2v) is 20.5. The molecule has 386 valence electrons. The van der Waals surface area contributed by atoms with Gasteiger partial charge >= 0.3 is 0 Å². The van der Waals surface area contributed by atoms with Crippen LogP contribution in [0.3, 0.4) is 0 Å². The van der Waals surface area contributed by atoms with Crippen LogP contribution in [0.15, 0.2) is 69.6 Å². The molecular formula is C53H69Cl4N13O2. The van der Waals surface area contributed by atoms with Crippen molar-refractivity contribution in [2.45, 2.75) is 53.2 Å². The van der Waals surface area contributed by atoms with Crippen LogP contribution in [0.25, 0.3) is 32.7 Å². The molecular weight excluding hydrogens is 992 g/mol. The highest BCUT2D eigenvalue weighted by Gasteiger charge is 2.21. The SMILES string of the molecule is Cc1c(Cl)n(CC2=NCCN2)c2ccc(Cl)cc12.Cc1c(NCCCN2CCOCC2)n(CC2=NCCN2)c2ccc(Cl)cc12.Cc1c(NCCCN2CCOCC2)n(CC2=NCCN2)c2ccc(Cl)cc12. The van der Waals surface area contributed by atoms with Crippen molar-refractivity contribution in [3.05, 3.63) is 91.5 Å². The summed E-state index contributed by atoms with van der Waals surface area (Å²) >= 11 is 24.9. The summed E-state index contributed by atoms with van der Waals surface area (Å²) in [7, 11) is 0. The second-order valence-electron chi connectivity index (χ2n) is 18.8. The average Bonchev–Trinajstić information content (AvgIpc) is 4.29. The van der Waals surface area contributed by atoms with Crippen LogP contribution in [0.5, 0.6) is 0 Å². The van der Waals surface area contributed by atoms with Crippen molar-refractivity contribution < 1.29 is 9.47 Å². The Kier molecular flexibility index (Phi) is 18.1. The van der Waals surface area contributed by atoms with E-state index in [1.54, 1.807) is 0 Å². The summed E-state index contributed by atoms with van der Waals surface area (Å²) in [5.74, 6) is 5.44. The third kappa shape index (κ3) is 12.8. The molecule has 0 atom stereocenters. The molecule has 15 nitrogen and oxygen atoms in total. The molecule has 19 heteroatoms. The number of hydrogen-bond acceptors (Lipinski definition) is 12. The predicted octanol–water partition coefficient (Wildman–Crippen LogP) is 8.74. The van der Waals surface area contributed by atoms with Crippen molar-refractivity contribution in [3.63, 3.8) is 0 Å². The molecule has 0 amide bonds. The van der Waals surface area contributed by atoms with E-state index in [0.717, 1.165) is 198 Å². The van der Waals surface area contributed by atoms with Gasteiger partial charge < -0.3 is 49.8 Å². The normalized spacial score (nSPS) is 17.2. The molecule has 2 saturated heterocycles. The van der Waals surface area contributed by atoms with Gasteiger partial charge in [-0.25, -0.2) is 0 Å². The van der Waals surface area contributed by atoms with Crippen molar-refractivity contribution in [2.24, 2.45) is 15.0 Å². The van der Waals surface area contributed by atoms with Gasteiger partial charge in [-0.2, -0.15) is 0 Å². The van der Waals surface area contributed by atoms with Gasteiger partial charge in [-0.3, -0.25) is 24.8 Å². The summed E-state index contributed by atoms with van der Waals surface area (Å²) in [6.45, 7) is 25.6. The predicted molar refractivity (Wildman–Crippen MR) is 302 cm³/mol. The fourth-order valence-corrected chi connectivity index (χ4v) is 10.9. The van der Waals surface area contributed by atoms with Crippen LogP contribution in [0.2, 0.25) is 20.2 Å². The van der Waals surface area contributed by atoms with Crippen molar-refractivity contribution in [2.75, 3.05) is 129 Å². The monoisotopic (exact) mass is 1060 g/mol. The largest absolute Gasteiger partial charge is 0.379 e. The number of aryl methyl sites for hydroxylation is 3. The van der Waals surface area contributed by atoms with Gasteiger partial charge in [-0.1, -0.05) is 46.4 Å².